The van der Waals surface area contributed by atoms with Crippen molar-refractivity contribution in [2.75, 3.05) is 13.1 Å². The monoisotopic (exact) mass is 509 g/mol. The summed E-state index contributed by atoms with van der Waals surface area (Å²) in [6.07, 6.45) is -6.56. The molecule has 0 spiro atoms. The van der Waals surface area contributed by atoms with Crippen LogP contribution in [0.25, 0.3) is 0 Å². The molecule has 13 heteroatoms. The number of nitrogens with one attached hydrogen (secondary N) is 1. The van der Waals surface area contributed by atoms with Gasteiger partial charge in [-0.2, -0.15) is 13.2 Å². The van der Waals surface area contributed by atoms with Gasteiger partial charge in [0.1, 0.15) is 11.4 Å². The van der Waals surface area contributed by atoms with E-state index in [1.807, 2.05) is 0 Å². The molecule has 0 aliphatic carbocycles. The molecule has 2 fully saturated rings. The van der Waals surface area contributed by atoms with Crippen molar-refractivity contribution in [2.24, 2.45) is 0 Å². The Morgan fingerprint density at radius 3 is 2.11 bits per heavy atom. The summed E-state index contributed by atoms with van der Waals surface area (Å²) in [5.74, 6) is -6.30. The number of rotatable bonds is 5. The van der Waals surface area contributed by atoms with Crippen LogP contribution in [-0.2, 0) is 20.7 Å². The molecular formula is C22H25F6N3O4. The van der Waals surface area contributed by atoms with Gasteiger partial charge in [0.2, 0.25) is 5.91 Å². The lowest BCUT2D eigenvalue weighted by atomic mass is 10.0. The van der Waals surface area contributed by atoms with E-state index in [0.717, 1.165) is 0 Å². The molecule has 2 saturated heterocycles. The van der Waals surface area contributed by atoms with Gasteiger partial charge >= 0.3 is 18.2 Å². The first-order valence-electron chi connectivity index (χ1n) is 10.9. The maximum absolute atomic E-state index is 14.2. The largest absolute Gasteiger partial charge is 0.471 e. The lowest BCUT2D eigenvalue weighted by Gasteiger charge is -2.35. The number of amides is 3. The molecule has 2 aliphatic rings. The Morgan fingerprint density at radius 1 is 1.00 bits per heavy atom. The van der Waals surface area contributed by atoms with Crippen LogP contribution in [0.4, 0.5) is 31.1 Å². The number of benzene rings is 1. The van der Waals surface area contributed by atoms with Crippen LogP contribution < -0.4 is 5.32 Å². The smallest absolute Gasteiger partial charge is 0.444 e. The van der Waals surface area contributed by atoms with Crippen LogP contribution in [0.3, 0.4) is 0 Å². The SMILES string of the molecule is CC(C)(C)OC(=O)N[C@@H](CC(=O)N1CC2CC1CN2C(=O)C(F)(F)F)Cc1cc(F)c(F)cc1F. The number of hydrogen-bond acceptors (Lipinski definition) is 4. The highest BCUT2D eigenvalue weighted by Crippen LogP contribution is 2.34. The number of fused-ring (bicyclic) bond motifs is 2. The van der Waals surface area contributed by atoms with E-state index in [-0.39, 0.29) is 31.5 Å². The van der Waals surface area contributed by atoms with Gasteiger partial charge in [0.15, 0.2) is 11.6 Å². The molecule has 7 nitrogen and oxygen atoms in total. The Kier molecular flexibility index (Phi) is 7.28. The first-order chi connectivity index (χ1) is 16.0. The summed E-state index contributed by atoms with van der Waals surface area (Å²) in [6.45, 7) is 4.38. The summed E-state index contributed by atoms with van der Waals surface area (Å²) < 4.78 is 84.6. The van der Waals surface area contributed by atoms with Crippen LogP contribution in [0.2, 0.25) is 0 Å². The van der Waals surface area contributed by atoms with Crippen LogP contribution in [0.15, 0.2) is 12.1 Å². The number of alkyl carbamates (subject to hydrolysis) is 1. The molecule has 0 saturated carbocycles. The van der Waals surface area contributed by atoms with E-state index in [2.05, 4.69) is 5.32 Å². The van der Waals surface area contributed by atoms with E-state index < -0.39 is 71.7 Å². The van der Waals surface area contributed by atoms with Crippen molar-refractivity contribution in [3.05, 3.63) is 35.1 Å². The molecule has 3 rings (SSSR count). The second-order valence-corrected chi connectivity index (χ2v) is 9.65. The molecular weight excluding hydrogens is 484 g/mol. The fraction of sp³-hybridized carbons (Fsp3) is 0.591. The topological polar surface area (TPSA) is 79.0 Å². The van der Waals surface area contributed by atoms with Gasteiger partial charge in [-0.1, -0.05) is 0 Å². The van der Waals surface area contributed by atoms with Gasteiger partial charge in [-0.3, -0.25) is 9.59 Å². The molecule has 2 bridgehead atoms. The van der Waals surface area contributed by atoms with E-state index in [1.165, 1.54) is 4.90 Å². The number of likely N-dealkylation sites (tertiary alicyclic amines) is 2. The van der Waals surface area contributed by atoms with Crippen LogP contribution in [-0.4, -0.2) is 70.7 Å². The third-order valence-electron chi connectivity index (χ3n) is 5.76. The summed E-state index contributed by atoms with van der Waals surface area (Å²) >= 11 is 0. The van der Waals surface area contributed by atoms with Gasteiger partial charge < -0.3 is 19.9 Å². The summed E-state index contributed by atoms with van der Waals surface area (Å²) in [7, 11) is 0. The minimum absolute atomic E-state index is 0.121. The minimum Gasteiger partial charge on any atom is -0.444 e. The molecule has 3 amide bonds. The standard InChI is InChI=1S/C22H25F6N3O4/c1-21(2,3)35-20(34)29-12(4-11-5-16(24)17(25)8-15(11)23)6-18(32)30-9-14-7-13(30)10-31(14)19(33)22(26,27)28/h5,8,12-14H,4,6-7,9-10H2,1-3H3,(H,29,34)/t12-,13?,14?/m1/s1. The Bertz CT molecular complexity index is 1010. The normalized spacial score (nSPS) is 20.7. The Morgan fingerprint density at radius 2 is 1.57 bits per heavy atom. The zero-order valence-corrected chi connectivity index (χ0v) is 19.2. The van der Waals surface area contributed by atoms with Crippen LogP contribution in [0, 0.1) is 17.5 Å². The number of halogens is 6. The predicted octanol–water partition coefficient (Wildman–Crippen LogP) is 3.30. The molecule has 3 atom stereocenters. The van der Waals surface area contributed by atoms with Crippen molar-refractivity contribution in [2.45, 2.75) is 69.9 Å². The highest BCUT2D eigenvalue weighted by atomic mass is 19.4. The van der Waals surface area contributed by atoms with Crippen molar-refractivity contribution in [1.29, 1.82) is 0 Å². The zero-order chi connectivity index (χ0) is 26.3. The van der Waals surface area contributed by atoms with Crippen molar-refractivity contribution in [3.8, 4) is 0 Å². The molecule has 1 N–H and O–H groups in total. The molecule has 2 heterocycles. The van der Waals surface area contributed by atoms with E-state index >= 15 is 0 Å². The van der Waals surface area contributed by atoms with Crippen molar-refractivity contribution in [1.82, 2.24) is 15.1 Å². The molecule has 35 heavy (non-hydrogen) atoms. The second-order valence-electron chi connectivity index (χ2n) is 9.65. The van der Waals surface area contributed by atoms with Gasteiger partial charge in [-0.05, 0) is 45.2 Å². The lowest BCUT2D eigenvalue weighted by Crippen LogP contribution is -2.54. The number of nitrogens with zero attached hydrogens (tertiary/aromatic N) is 2. The van der Waals surface area contributed by atoms with Crippen molar-refractivity contribution in [3.63, 3.8) is 0 Å². The lowest BCUT2D eigenvalue weighted by molar-refractivity contribution is -0.187. The van der Waals surface area contributed by atoms with Gasteiger partial charge in [-0.15, -0.1) is 0 Å². The first-order valence-corrected chi connectivity index (χ1v) is 10.9. The average molecular weight is 509 g/mol. The van der Waals surface area contributed by atoms with Gasteiger partial charge in [0.05, 0.1) is 12.1 Å². The molecule has 194 valence electrons. The number of alkyl halides is 3. The first kappa shape index (κ1) is 26.6. The summed E-state index contributed by atoms with van der Waals surface area (Å²) in [4.78, 5) is 38.8. The third kappa shape index (κ3) is 6.37. The third-order valence-corrected chi connectivity index (χ3v) is 5.76. The maximum atomic E-state index is 14.2. The average Bonchev–Trinajstić information content (AvgIpc) is 3.30. The van der Waals surface area contributed by atoms with Gasteiger partial charge in [0.25, 0.3) is 0 Å². The summed E-state index contributed by atoms with van der Waals surface area (Å²) in [6, 6.07) is -1.55. The van der Waals surface area contributed by atoms with Crippen LogP contribution in [0.5, 0.6) is 0 Å². The maximum Gasteiger partial charge on any atom is 0.471 e. The number of carbonyl (C=O) groups is 3. The zero-order valence-electron chi connectivity index (χ0n) is 19.2. The van der Waals surface area contributed by atoms with Crippen molar-refractivity contribution < 1.29 is 45.5 Å². The number of hydrogen-bond donors (Lipinski definition) is 1. The molecule has 1 aromatic rings. The van der Waals surface area contributed by atoms with E-state index in [1.54, 1.807) is 20.8 Å². The van der Waals surface area contributed by atoms with Gasteiger partial charge in [0, 0.05) is 31.6 Å². The Balaban J connectivity index is 1.72. The minimum atomic E-state index is -5.02. The Labute approximate surface area is 197 Å². The molecule has 1 aromatic carbocycles. The summed E-state index contributed by atoms with van der Waals surface area (Å²) in [5, 5.41) is 2.42. The Hall–Kier alpha value is -2.99. The highest BCUT2D eigenvalue weighted by Gasteiger charge is 2.53. The van der Waals surface area contributed by atoms with E-state index in [4.69, 9.17) is 4.74 Å². The molecule has 0 aromatic heterocycles. The van der Waals surface area contributed by atoms with Crippen LogP contribution >= 0.6 is 0 Å². The van der Waals surface area contributed by atoms with Gasteiger partial charge in [-0.25, -0.2) is 18.0 Å². The number of carbonyl (C=O) groups excluding carboxylic acids is 3. The quantitative estimate of drug-likeness (QED) is 0.488. The number of piperazine rings is 1. The molecule has 0 radical (unpaired) electrons. The predicted molar refractivity (Wildman–Crippen MR) is 109 cm³/mol. The number of ether oxygens (including phenoxy) is 1. The van der Waals surface area contributed by atoms with Crippen LogP contribution in [0.1, 0.15) is 39.2 Å². The molecule has 2 aliphatic heterocycles. The summed E-state index contributed by atoms with van der Waals surface area (Å²) in [5.41, 5.74) is -1.18. The molecule has 2 unspecified atom stereocenters. The van der Waals surface area contributed by atoms with Crippen molar-refractivity contribution >= 4 is 17.9 Å². The second kappa shape index (κ2) is 9.57. The van der Waals surface area contributed by atoms with E-state index in [9.17, 15) is 40.7 Å². The van der Waals surface area contributed by atoms with E-state index in [0.29, 0.717) is 17.0 Å². The highest BCUT2D eigenvalue weighted by molar-refractivity contribution is 5.84. The fourth-order valence-corrected chi connectivity index (χ4v) is 4.35. The fourth-order valence-electron chi connectivity index (χ4n) is 4.35.